The van der Waals surface area contributed by atoms with Crippen LogP contribution in [0.25, 0.3) is 11.3 Å². The zero-order chi connectivity index (χ0) is 26.2. The van der Waals surface area contributed by atoms with Crippen molar-refractivity contribution >= 4 is 5.69 Å². The first kappa shape index (κ1) is 27.0. The number of nitrogens with one attached hydrogen (secondary N) is 3. The molecule has 0 amide bonds. The molecule has 3 N–H and O–H groups in total. The highest BCUT2D eigenvalue weighted by Crippen LogP contribution is 2.38. The lowest BCUT2D eigenvalue weighted by Crippen LogP contribution is -2.22. The van der Waals surface area contributed by atoms with E-state index in [2.05, 4.69) is 104 Å². The van der Waals surface area contributed by atoms with Gasteiger partial charge in [0.15, 0.2) is 0 Å². The number of hydrogen-bond donors (Lipinski definition) is 3. The molecule has 2 atom stereocenters. The first-order valence-corrected chi connectivity index (χ1v) is 14.0. The van der Waals surface area contributed by atoms with Crippen molar-refractivity contribution in [2.45, 2.75) is 84.2 Å². The fourth-order valence-electron chi connectivity index (χ4n) is 5.06. The van der Waals surface area contributed by atoms with Crippen molar-refractivity contribution in [2.75, 3.05) is 18.5 Å². The molecule has 4 rings (SSSR count). The van der Waals surface area contributed by atoms with Crippen LogP contribution in [0.3, 0.4) is 0 Å². The van der Waals surface area contributed by atoms with E-state index in [1.54, 1.807) is 0 Å². The monoisotopic (exact) mass is 500 g/mol. The maximum atomic E-state index is 5.44. The molecule has 0 bridgehead atoms. The van der Waals surface area contributed by atoms with Crippen molar-refractivity contribution in [2.24, 2.45) is 0 Å². The third-order valence-electron chi connectivity index (χ3n) is 6.87. The summed E-state index contributed by atoms with van der Waals surface area (Å²) in [5, 5.41) is 7.02. The molecule has 0 saturated carbocycles. The maximum absolute atomic E-state index is 5.44. The maximum Gasteiger partial charge on any atom is 0.110 e. The first-order chi connectivity index (χ1) is 17.9. The zero-order valence-corrected chi connectivity index (χ0v) is 23.2. The fourth-order valence-corrected chi connectivity index (χ4v) is 5.06. The van der Waals surface area contributed by atoms with Crippen molar-refractivity contribution < 1.29 is 4.74 Å². The quantitative estimate of drug-likeness (QED) is 0.278. The number of hydrogen-bond acceptors (Lipinski definition) is 4. The smallest absolute Gasteiger partial charge is 0.110 e. The molecule has 5 heteroatoms. The number of aromatic nitrogens is 2. The molecule has 2 aromatic rings. The third kappa shape index (κ3) is 7.48. The van der Waals surface area contributed by atoms with Crippen LogP contribution in [0, 0.1) is 0 Å². The second kappa shape index (κ2) is 13.0. The Hall–Kier alpha value is -3.05. The predicted molar refractivity (Wildman–Crippen MR) is 156 cm³/mol. The highest BCUT2D eigenvalue weighted by Gasteiger charge is 2.25. The fraction of sp³-hybridized carbons (Fsp3) is 0.469. The number of H-pyrrole nitrogens is 1. The number of allylic oxidation sites excluding steroid dienone is 6. The summed E-state index contributed by atoms with van der Waals surface area (Å²) >= 11 is 0. The van der Waals surface area contributed by atoms with Crippen molar-refractivity contribution in [3.63, 3.8) is 0 Å². The number of aromatic amines is 1. The average Bonchev–Trinajstić information content (AvgIpc) is 3.33. The van der Waals surface area contributed by atoms with E-state index in [0.717, 1.165) is 49.5 Å². The molecule has 1 aromatic carbocycles. The molecule has 0 radical (unpaired) electrons. The van der Waals surface area contributed by atoms with E-state index in [4.69, 9.17) is 9.72 Å². The highest BCUT2D eigenvalue weighted by molar-refractivity contribution is 5.66. The van der Waals surface area contributed by atoms with Crippen LogP contribution in [-0.2, 0) is 4.74 Å². The van der Waals surface area contributed by atoms with Gasteiger partial charge in [0, 0.05) is 47.5 Å². The van der Waals surface area contributed by atoms with Gasteiger partial charge >= 0.3 is 0 Å². The molecule has 0 aliphatic heterocycles. The summed E-state index contributed by atoms with van der Waals surface area (Å²) < 4.78 is 5.44. The van der Waals surface area contributed by atoms with E-state index in [-0.39, 0.29) is 0 Å². The summed E-state index contributed by atoms with van der Waals surface area (Å²) in [6.07, 6.45) is 17.7. The van der Waals surface area contributed by atoms with Crippen molar-refractivity contribution in [3.05, 3.63) is 83.5 Å². The number of rotatable bonds is 11. The van der Waals surface area contributed by atoms with Crippen molar-refractivity contribution in [1.29, 1.82) is 0 Å². The molecular weight excluding hydrogens is 456 g/mol. The van der Waals surface area contributed by atoms with Gasteiger partial charge in [-0.15, -0.1) is 0 Å². The summed E-state index contributed by atoms with van der Waals surface area (Å²) in [6, 6.07) is 9.56. The summed E-state index contributed by atoms with van der Waals surface area (Å²) in [4.78, 5) is 9.04. The van der Waals surface area contributed by atoms with Gasteiger partial charge in [0.05, 0.1) is 18.0 Å². The largest absolute Gasteiger partial charge is 0.383 e. The molecule has 2 aliphatic carbocycles. The summed E-state index contributed by atoms with van der Waals surface area (Å²) in [7, 11) is 0. The van der Waals surface area contributed by atoms with Gasteiger partial charge in [-0.3, -0.25) is 0 Å². The minimum atomic E-state index is 0.290. The van der Waals surface area contributed by atoms with Gasteiger partial charge in [-0.2, -0.15) is 0 Å². The van der Waals surface area contributed by atoms with Crippen molar-refractivity contribution in [1.82, 2.24) is 15.3 Å². The molecular formula is C32H44N4O. The topological polar surface area (TPSA) is 62.0 Å². The van der Waals surface area contributed by atoms with Crippen LogP contribution in [0.4, 0.5) is 5.69 Å². The molecule has 2 aliphatic rings. The van der Waals surface area contributed by atoms with E-state index in [0.29, 0.717) is 30.5 Å². The van der Waals surface area contributed by atoms with E-state index in [1.165, 1.54) is 22.5 Å². The van der Waals surface area contributed by atoms with Crippen molar-refractivity contribution in [3.8, 4) is 11.3 Å². The molecule has 0 fully saturated rings. The number of anilines is 1. The van der Waals surface area contributed by atoms with E-state index in [1.807, 2.05) is 6.92 Å². The summed E-state index contributed by atoms with van der Waals surface area (Å²) in [6.45, 7) is 12.2. The SMILES string of the molecule is CCOC/C=C/C1=CCC(c2nc(-c3ccc(NC(C)C)cc3)c(C3C=CC(NC(C)C)=CC3)[nH]2)CC1. The van der Waals surface area contributed by atoms with Gasteiger partial charge in [-0.05, 0) is 78.5 Å². The Morgan fingerprint density at radius 2 is 1.84 bits per heavy atom. The van der Waals surface area contributed by atoms with Gasteiger partial charge in [0.25, 0.3) is 0 Å². The molecule has 1 heterocycles. The van der Waals surface area contributed by atoms with Crippen LogP contribution in [0.1, 0.15) is 83.7 Å². The van der Waals surface area contributed by atoms with E-state index >= 15 is 0 Å². The number of ether oxygens (including phenoxy) is 1. The number of imidazole rings is 1. The Labute approximate surface area is 223 Å². The highest BCUT2D eigenvalue weighted by atomic mass is 16.5. The van der Waals surface area contributed by atoms with E-state index in [9.17, 15) is 0 Å². The zero-order valence-electron chi connectivity index (χ0n) is 23.2. The molecule has 5 nitrogen and oxygen atoms in total. The molecule has 0 saturated heterocycles. The van der Waals surface area contributed by atoms with Crippen LogP contribution in [-0.4, -0.2) is 35.3 Å². The Balaban J connectivity index is 1.56. The van der Waals surface area contributed by atoms with Crippen LogP contribution in [0.5, 0.6) is 0 Å². The summed E-state index contributed by atoms with van der Waals surface area (Å²) in [5.41, 5.74) is 7.23. The van der Waals surface area contributed by atoms with Crippen LogP contribution >= 0.6 is 0 Å². The van der Waals surface area contributed by atoms with E-state index < -0.39 is 0 Å². The average molecular weight is 501 g/mol. The predicted octanol–water partition coefficient (Wildman–Crippen LogP) is 7.61. The molecule has 2 unspecified atom stereocenters. The Kier molecular flexibility index (Phi) is 9.45. The van der Waals surface area contributed by atoms with Gasteiger partial charge in [0.1, 0.15) is 5.82 Å². The minimum Gasteiger partial charge on any atom is -0.383 e. The van der Waals surface area contributed by atoms with Gasteiger partial charge in [-0.1, -0.05) is 48.1 Å². The normalized spacial score (nSPS) is 20.0. The Morgan fingerprint density at radius 3 is 2.46 bits per heavy atom. The van der Waals surface area contributed by atoms with Crippen LogP contribution in [0.2, 0.25) is 0 Å². The molecule has 37 heavy (non-hydrogen) atoms. The molecule has 0 spiro atoms. The minimum absolute atomic E-state index is 0.290. The Morgan fingerprint density at radius 1 is 1.05 bits per heavy atom. The first-order valence-electron chi connectivity index (χ1n) is 14.0. The second-order valence-electron chi connectivity index (χ2n) is 10.7. The van der Waals surface area contributed by atoms with Crippen LogP contribution in [0.15, 0.2) is 72.0 Å². The molecule has 1 aromatic heterocycles. The van der Waals surface area contributed by atoms with Gasteiger partial charge < -0.3 is 20.4 Å². The standard InChI is InChI=1S/C32H44N4O/c1-6-37-21-7-8-24-9-11-27(12-10-24)32-35-30(25-13-17-28(18-14-25)33-22(2)3)31(36-32)26-15-19-29(20-16-26)34-23(4)5/h7-9,13-15,17-20,22-23,26-27,33-34H,6,10-12,16,21H2,1-5H3,(H,35,36)/b8-7+. The number of benzene rings is 1. The molecule has 198 valence electrons. The van der Waals surface area contributed by atoms with Crippen LogP contribution < -0.4 is 10.6 Å². The third-order valence-corrected chi connectivity index (χ3v) is 6.87. The Bertz CT molecular complexity index is 1130. The summed E-state index contributed by atoms with van der Waals surface area (Å²) in [5.74, 6) is 1.82. The lowest BCUT2D eigenvalue weighted by atomic mass is 9.89. The van der Waals surface area contributed by atoms with Gasteiger partial charge in [-0.25, -0.2) is 4.98 Å². The van der Waals surface area contributed by atoms with Gasteiger partial charge in [0.2, 0.25) is 0 Å². The lowest BCUT2D eigenvalue weighted by molar-refractivity contribution is 0.177. The number of nitrogens with zero attached hydrogens (tertiary/aromatic N) is 1. The lowest BCUT2D eigenvalue weighted by Gasteiger charge is -2.20. The second-order valence-corrected chi connectivity index (χ2v) is 10.7.